The van der Waals surface area contributed by atoms with Gasteiger partial charge in [-0.15, -0.1) is 0 Å². The van der Waals surface area contributed by atoms with Gasteiger partial charge < -0.3 is 10.4 Å². The molecule has 2 atom stereocenters. The van der Waals surface area contributed by atoms with Gasteiger partial charge in [-0.3, -0.25) is 0 Å². The van der Waals surface area contributed by atoms with E-state index in [0.29, 0.717) is 0 Å². The minimum Gasteiger partial charge on any atom is -0.395 e. The summed E-state index contributed by atoms with van der Waals surface area (Å²) in [6.07, 6.45) is 4.95. The second kappa shape index (κ2) is 3.76. The van der Waals surface area contributed by atoms with Crippen molar-refractivity contribution in [2.75, 3.05) is 6.61 Å². The summed E-state index contributed by atoms with van der Waals surface area (Å²) in [7, 11) is 0. The van der Waals surface area contributed by atoms with E-state index in [-0.39, 0.29) is 18.7 Å². The van der Waals surface area contributed by atoms with E-state index in [1.54, 1.807) is 0 Å². The molecular formula is C8H12N4O. The number of hydrogen-bond donors (Lipinski definition) is 2. The maximum atomic E-state index is 8.92. The zero-order valence-electron chi connectivity index (χ0n) is 7.22. The van der Waals surface area contributed by atoms with E-state index in [2.05, 4.69) is 20.3 Å². The Morgan fingerprint density at radius 2 is 2.15 bits per heavy atom. The molecule has 1 aliphatic rings. The lowest BCUT2D eigenvalue weighted by molar-refractivity contribution is 0.251. The Kier molecular flexibility index (Phi) is 2.47. The molecule has 0 spiro atoms. The summed E-state index contributed by atoms with van der Waals surface area (Å²) in [5.74, 6) is 0.769. The van der Waals surface area contributed by atoms with E-state index in [1.807, 2.05) is 0 Å². The van der Waals surface area contributed by atoms with Crippen molar-refractivity contribution in [2.24, 2.45) is 0 Å². The predicted molar refractivity (Wildman–Crippen MR) is 45.8 cm³/mol. The number of rotatable bonds is 2. The predicted octanol–water partition coefficient (Wildman–Crippen LogP) is -0.343. The van der Waals surface area contributed by atoms with Gasteiger partial charge in [0.1, 0.15) is 18.5 Å². The van der Waals surface area contributed by atoms with Crippen LogP contribution in [-0.2, 0) is 0 Å². The molecule has 0 radical (unpaired) electrons. The molecule has 1 fully saturated rings. The molecule has 0 bridgehead atoms. The maximum Gasteiger partial charge on any atom is 0.148 e. The third-order valence-corrected chi connectivity index (χ3v) is 2.29. The van der Waals surface area contributed by atoms with Crippen LogP contribution in [0.3, 0.4) is 0 Å². The molecular weight excluding hydrogens is 168 g/mol. The first-order chi connectivity index (χ1) is 6.40. The fourth-order valence-corrected chi connectivity index (χ4v) is 1.59. The second-order valence-electron chi connectivity index (χ2n) is 3.17. The smallest absolute Gasteiger partial charge is 0.148 e. The molecule has 70 valence electrons. The Hall–Kier alpha value is -1.07. The Morgan fingerprint density at radius 1 is 1.38 bits per heavy atom. The minimum atomic E-state index is 0.181. The van der Waals surface area contributed by atoms with Gasteiger partial charge in [0.05, 0.1) is 12.6 Å². The van der Waals surface area contributed by atoms with Crippen LogP contribution in [0.15, 0.2) is 12.7 Å². The number of aliphatic hydroxyl groups is 1. The molecule has 0 aromatic carbocycles. The van der Waals surface area contributed by atoms with Gasteiger partial charge in [-0.1, -0.05) is 0 Å². The zero-order chi connectivity index (χ0) is 9.10. The Labute approximate surface area is 76.3 Å². The molecule has 5 nitrogen and oxygen atoms in total. The van der Waals surface area contributed by atoms with E-state index in [4.69, 9.17) is 5.11 Å². The number of hydrogen-bond acceptors (Lipinski definition) is 5. The van der Waals surface area contributed by atoms with Crippen molar-refractivity contribution >= 4 is 0 Å². The normalized spacial score (nSPS) is 27.8. The number of aromatic nitrogens is 3. The zero-order valence-corrected chi connectivity index (χ0v) is 7.22. The molecule has 5 heteroatoms. The summed E-state index contributed by atoms with van der Waals surface area (Å²) < 4.78 is 0. The lowest BCUT2D eigenvalue weighted by Crippen LogP contribution is -2.28. The van der Waals surface area contributed by atoms with Gasteiger partial charge in [0.15, 0.2) is 0 Å². The maximum absolute atomic E-state index is 8.92. The summed E-state index contributed by atoms with van der Waals surface area (Å²) >= 11 is 0. The van der Waals surface area contributed by atoms with Gasteiger partial charge in [-0.2, -0.15) is 0 Å². The van der Waals surface area contributed by atoms with E-state index < -0.39 is 0 Å². The summed E-state index contributed by atoms with van der Waals surface area (Å²) in [5.41, 5.74) is 0. The Balaban J connectivity index is 2.04. The highest BCUT2D eigenvalue weighted by molar-refractivity contribution is 4.97. The molecule has 2 N–H and O–H groups in total. The average molecular weight is 180 g/mol. The molecule has 1 saturated heterocycles. The highest BCUT2D eigenvalue weighted by Crippen LogP contribution is 2.22. The van der Waals surface area contributed by atoms with Gasteiger partial charge >= 0.3 is 0 Å². The van der Waals surface area contributed by atoms with Crippen LogP contribution in [0.2, 0.25) is 0 Å². The van der Waals surface area contributed by atoms with Gasteiger partial charge in [0.25, 0.3) is 0 Å². The standard InChI is InChI=1S/C8H12N4O/c13-3-6-1-2-7(12-6)8-10-4-9-5-11-8/h4-7,12-13H,1-3H2. The monoisotopic (exact) mass is 180 g/mol. The minimum absolute atomic E-state index is 0.181. The lowest BCUT2D eigenvalue weighted by atomic mass is 10.2. The number of nitrogens with zero attached hydrogens (tertiary/aromatic N) is 3. The highest BCUT2D eigenvalue weighted by Gasteiger charge is 2.25. The lowest BCUT2D eigenvalue weighted by Gasteiger charge is -2.09. The quantitative estimate of drug-likeness (QED) is 0.651. The van der Waals surface area contributed by atoms with Crippen molar-refractivity contribution in [3.05, 3.63) is 18.5 Å². The van der Waals surface area contributed by atoms with Crippen LogP contribution in [0, 0.1) is 0 Å². The van der Waals surface area contributed by atoms with Crippen LogP contribution in [0.1, 0.15) is 24.7 Å². The van der Waals surface area contributed by atoms with E-state index in [9.17, 15) is 0 Å². The van der Waals surface area contributed by atoms with Crippen molar-refractivity contribution in [1.82, 2.24) is 20.3 Å². The van der Waals surface area contributed by atoms with Gasteiger partial charge in [0.2, 0.25) is 0 Å². The summed E-state index contributed by atoms with van der Waals surface area (Å²) in [5, 5.41) is 12.2. The molecule has 2 rings (SSSR count). The SMILES string of the molecule is OCC1CCC(c2ncncn2)N1. The van der Waals surface area contributed by atoms with E-state index >= 15 is 0 Å². The van der Waals surface area contributed by atoms with Crippen molar-refractivity contribution in [1.29, 1.82) is 0 Å². The van der Waals surface area contributed by atoms with Gasteiger partial charge in [-0.25, -0.2) is 15.0 Å². The molecule has 2 unspecified atom stereocenters. The van der Waals surface area contributed by atoms with Crippen LogP contribution in [-0.4, -0.2) is 32.7 Å². The third-order valence-electron chi connectivity index (χ3n) is 2.29. The largest absolute Gasteiger partial charge is 0.395 e. The number of aliphatic hydroxyl groups excluding tert-OH is 1. The van der Waals surface area contributed by atoms with Gasteiger partial charge in [0, 0.05) is 6.04 Å². The molecule has 2 heterocycles. The molecule has 0 amide bonds. The van der Waals surface area contributed by atoms with Crippen molar-refractivity contribution in [3.63, 3.8) is 0 Å². The highest BCUT2D eigenvalue weighted by atomic mass is 16.3. The van der Waals surface area contributed by atoms with Crippen LogP contribution in [0.4, 0.5) is 0 Å². The first-order valence-corrected chi connectivity index (χ1v) is 4.39. The van der Waals surface area contributed by atoms with Gasteiger partial charge in [-0.05, 0) is 12.8 Å². The average Bonchev–Trinajstić information content (AvgIpc) is 2.67. The first kappa shape index (κ1) is 8.52. The summed E-state index contributed by atoms with van der Waals surface area (Å²) in [6, 6.07) is 0.377. The number of nitrogens with one attached hydrogen (secondary N) is 1. The Morgan fingerprint density at radius 3 is 2.77 bits per heavy atom. The molecule has 1 aromatic heterocycles. The van der Waals surface area contributed by atoms with Crippen LogP contribution in [0.5, 0.6) is 0 Å². The van der Waals surface area contributed by atoms with Crippen molar-refractivity contribution in [3.8, 4) is 0 Å². The summed E-state index contributed by atoms with van der Waals surface area (Å²) in [4.78, 5) is 11.9. The van der Waals surface area contributed by atoms with Crippen LogP contribution < -0.4 is 5.32 Å². The second-order valence-corrected chi connectivity index (χ2v) is 3.17. The van der Waals surface area contributed by atoms with Crippen LogP contribution in [0.25, 0.3) is 0 Å². The first-order valence-electron chi connectivity index (χ1n) is 4.39. The topological polar surface area (TPSA) is 70.9 Å². The van der Waals surface area contributed by atoms with Crippen LogP contribution >= 0.6 is 0 Å². The molecule has 13 heavy (non-hydrogen) atoms. The fourth-order valence-electron chi connectivity index (χ4n) is 1.59. The molecule has 0 aliphatic carbocycles. The van der Waals surface area contributed by atoms with Crippen molar-refractivity contribution in [2.45, 2.75) is 24.9 Å². The fraction of sp³-hybridized carbons (Fsp3) is 0.625. The van der Waals surface area contributed by atoms with E-state index in [1.165, 1.54) is 12.7 Å². The molecule has 0 saturated carbocycles. The Bertz CT molecular complexity index is 266. The third kappa shape index (κ3) is 1.81. The molecule has 1 aromatic rings. The summed E-state index contributed by atoms with van der Waals surface area (Å²) in [6.45, 7) is 0.182. The molecule has 1 aliphatic heterocycles. The van der Waals surface area contributed by atoms with Crippen molar-refractivity contribution < 1.29 is 5.11 Å². The van der Waals surface area contributed by atoms with E-state index in [0.717, 1.165) is 18.7 Å².